The third-order valence-corrected chi connectivity index (χ3v) is 6.55. The molecule has 0 radical (unpaired) electrons. The summed E-state index contributed by atoms with van der Waals surface area (Å²) in [6.07, 6.45) is 10.7. The van der Waals surface area contributed by atoms with E-state index in [2.05, 4.69) is 31.0 Å². The normalized spacial score (nSPS) is 24.0. The molecule has 0 bridgehead atoms. The van der Waals surface area contributed by atoms with Crippen molar-refractivity contribution >= 4 is 28.2 Å². The van der Waals surface area contributed by atoms with Gasteiger partial charge in [0.2, 0.25) is 0 Å². The number of thiazole rings is 1. The fourth-order valence-corrected chi connectivity index (χ4v) is 5.06. The molecule has 1 aliphatic heterocycles. The van der Waals surface area contributed by atoms with Gasteiger partial charge in [0.25, 0.3) is 0 Å². The molecule has 1 unspecified atom stereocenters. The van der Waals surface area contributed by atoms with E-state index in [0.29, 0.717) is 11.9 Å². The summed E-state index contributed by atoms with van der Waals surface area (Å²) in [4.78, 5) is 13.3. The summed E-state index contributed by atoms with van der Waals surface area (Å²) in [5.41, 5.74) is 8.22. The van der Waals surface area contributed by atoms with E-state index in [1.807, 2.05) is 11.6 Å². The average Bonchev–Trinajstić information content (AvgIpc) is 3.30. The van der Waals surface area contributed by atoms with Crippen LogP contribution in [-0.4, -0.2) is 32.6 Å². The molecule has 3 aromatic heterocycles. The van der Waals surface area contributed by atoms with Crippen LogP contribution in [0.15, 0.2) is 24.1 Å². The van der Waals surface area contributed by atoms with Crippen molar-refractivity contribution < 1.29 is 0 Å². The molecule has 2 fully saturated rings. The van der Waals surface area contributed by atoms with E-state index in [1.165, 1.54) is 38.8 Å². The summed E-state index contributed by atoms with van der Waals surface area (Å²) in [5, 5.41) is 7.32. The second-order valence-corrected chi connectivity index (χ2v) is 8.23. The lowest BCUT2D eigenvalue weighted by atomic mass is 9.89. The van der Waals surface area contributed by atoms with E-state index in [9.17, 15) is 0 Å². The molecular formula is C18H22N6S. The zero-order valence-electron chi connectivity index (χ0n) is 14.1. The monoisotopic (exact) mass is 354 g/mol. The smallest absolute Gasteiger partial charge is 0.146 e. The highest BCUT2D eigenvalue weighted by Gasteiger charge is 2.31. The lowest BCUT2D eigenvalue weighted by Crippen LogP contribution is -2.42. The van der Waals surface area contributed by atoms with Crippen molar-refractivity contribution in [2.24, 2.45) is 11.8 Å². The number of aromatic nitrogens is 4. The number of nitrogen functional groups attached to an aromatic ring is 1. The van der Waals surface area contributed by atoms with Crippen LogP contribution >= 0.6 is 11.3 Å². The van der Waals surface area contributed by atoms with Gasteiger partial charge in [0.05, 0.1) is 5.39 Å². The van der Waals surface area contributed by atoms with Gasteiger partial charge in [-0.05, 0) is 50.6 Å². The Morgan fingerprint density at radius 1 is 1.20 bits per heavy atom. The van der Waals surface area contributed by atoms with Crippen molar-refractivity contribution in [1.29, 1.82) is 0 Å². The standard InChI is InChI=1S/C18H22N6S/c19-16-15-14(18-21-3-4-25-18)9-24(17(15)23-10-22-16)13-2-1-11(6-13)5-12-7-20-8-12/h3-4,9-13,20H,1-2,5-8H2,(H2,19,22,23)/t11?,13-/m0/s1. The number of rotatable bonds is 4. The largest absolute Gasteiger partial charge is 0.383 e. The minimum atomic E-state index is 0.503. The number of nitrogens with one attached hydrogen (secondary N) is 1. The van der Waals surface area contributed by atoms with Gasteiger partial charge in [-0.25, -0.2) is 15.0 Å². The number of nitrogens with zero attached hydrogens (tertiary/aromatic N) is 4. The molecule has 3 aromatic rings. The van der Waals surface area contributed by atoms with Gasteiger partial charge in [-0.3, -0.25) is 0 Å². The fraction of sp³-hybridized carbons (Fsp3) is 0.500. The van der Waals surface area contributed by atoms with Crippen molar-refractivity contribution in [3.05, 3.63) is 24.1 Å². The quantitative estimate of drug-likeness (QED) is 0.752. The molecule has 2 aliphatic rings. The topological polar surface area (TPSA) is 81.7 Å². The lowest BCUT2D eigenvalue weighted by molar-refractivity contribution is 0.273. The molecule has 4 heterocycles. The highest BCUT2D eigenvalue weighted by Crippen LogP contribution is 2.42. The summed E-state index contributed by atoms with van der Waals surface area (Å²) in [6.45, 7) is 2.40. The van der Waals surface area contributed by atoms with Crippen LogP contribution in [0.4, 0.5) is 5.82 Å². The summed E-state index contributed by atoms with van der Waals surface area (Å²) in [6, 6.07) is 0.503. The van der Waals surface area contributed by atoms with Gasteiger partial charge in [-0.1, -0.05) is 0 Å². The van der Waals surface area contributed by atoms with E-state index < -0.39 is 0 Å². The van der Waals surface area contributed by atoms with Crippen LogP contribution in [0.3, 0.4) is 0 Å². The van der Waals surface area contributed by atoms with Crippen LogP contribution in [0.2, 0.25) is 0 Å². The molecule has 0 aromatic carbocycles. The van der Waals surface area contributed by atoms with Crippen molar-refractivity contribution in [3.63, 3.8) is 0 Å². The van der Waals surface area contributed by atoms with Crippen LogP contribution in [0.25, 0.3) is 21.6 Å². The van der Waals surface area contributed by atoms with Crippen molar-refractivity contribution in [2.45, 2.75) is 31.7 Å². The maximum absolute atomic E-state index is 6.20. The van der Waals surface area contributed by atoms with Gasteiger partial charge < -0.3 is 15.6 Å². The number of anilines is 1. The van der Waals surface area contributed by atoms with Gasteiger partial charge in [0.15, 0.2) is 0 Å². The highest BCUT2D eigenvalue weighted by molar-refractivity contribution is 7.13. The van der Waals surface area contributed by atoms with Crippen LogP contribution in [0, 0.1) is 11.8 Å². The summed E-state index contributed by atoms with van der Waals surface area (Å²) >= 11 is 1.63. The minimum absolute atomic E-state index is 0.503. The number of hydrogen-bond donors (Lipinski definition) is 2. The molecule has 6 nitrogen and oxygen atoms in total. The van der Waals surface area contributed by atoms with Crippen molar-refractivity contribution in [1.82, 2.24) is 24.8 Å². The Bertz CT molecular complexity index is 882. The molecule has 7 heteroatoms. The Morgan fingerprint density at radius 3 is 2.88 bits per heavy atom. The predicted octanol–water partition coefficient (Wildman–Crippen LogP) is 3.09. The van der Waals surface area contributed by atoms with Crippen LogP contribution in [-0.2, 0) is 0 Å². The lowest BCUT2D eigenvalue weighted by Gasteiger charge is -2.29. The maximum atomic E-state index is 6.20. The van der Waals surface area contributed by atoms with Gasteiger partial charge in [-0.2, -0.15) is 0 Å². The Kier molecular flexibility index (Phi) is 3.71. The first-order valence-electron chi connectivity index (χ1n) is 9.01. The van der Waals surface area contributed by atoms with E-state index in [-0.39, 0.29) is 0 Å². The predicted molar refractivity (Wildman–Crippen MR) is 100 cm³/mol. The summed E-state index contributed by atoms with van der Waals surface area (Å²) in [5.74, 6) is 2.26. The number of fused-ring (bicyclic) bond motifs is 1. The van der Waals surface area contributed by atoms with Gasteiger partial charge in [0.1, 0.15) is 22.8 Å². The van der Waals surface area contributed by atoms with Crippen LogP contribution < -0.4 is 11.1 Å². The summed E-state index contributed by atoms with van der Waals surface area (Å²) in [7, 11) is 0. The zero-order valence-corrected chi connectivity index (χ0v) is 14.9. The number of hydrogen-bond acceptors (Lipinski definition) is 6. The zero-order chi connectivity index (χ0) is 16.8. The first-order valence-corrected chi connectivity index (χ1v) is 9.89. The highest BCUT2D eigenvalue weighted by atomic mass is 32.1. The first kappa shape index (κ1) is 15.3. The Balaban J connectivity index is 1.50. The molecule has 5 rings (SSSR count). The SMILES string of the molecule is Nc1ncnc2c1c(-c1nccs1)cn2[C@H]1CCC(CC2CNC2)C1. The van der Waals surface area contributed by atoms with Gasteiger partial charge in [0, 0.05) is 29.4 Å². The van der Waals surface area contributed by atoms with E-state index in [4.69, 9.17) is 5.73 Å². The van der Waals surface area contributed by atoms with E-state index in [0.717, 1.165) is 33.4 Å². The van der Waals surface area contributed by atoms with E-state index in [1.54, 1.807) is 17.7 Å². The Morgan fingerprint density at radius 2 is 2.12 bits per heavy atom. The first-order chi connectivity index (χ1) is 12.3. The molecule has 1 aliphatic carbocycles. The molecule has 25 heavy (non-hydrogen) atoms. The molecule has 1 saturated heterocycles. The number of nitrogens with two attached hydrogens (primary N) is 1. The second kappa shape index (κ2) is 6.07. The average molecular weight is 354 g/mol. The van der Waals surface area contributed by atoms with Crippen LogP contribution in [0.1, 0.15) is 31.7 Å². The van der Waals surface area contributed by atoms with E-state index >= 15 is 0 Å². The molecule has 130 valence electrons. The van der Waals surface area contributed by atoms with Crippen molar-refractivity contribution in [3.8, 4) is 10.6 Å². The maximum Gasteiger partial charge on any atom is 0.146 e. The Labute approximate surface area is 150 Å². The third-order valence-electron chi connectivity index (χ3n) is 5.74. The molecule has 0 amide bonds. The summed E-state index contributed by atoms with van der Waals surface area (Å²) < 4.78 is 2.34. The molecule has 1 saturated carbocycles. The van der Waals surface area contributed by atoms with Gasteiger partial charge in [-0.15, -0.1) is 11.3 Å². The fourth-order valence-electron chi connectivity index (χ4n) is 4.41. The molecular weight excluding hydrogens is 332 g/mol. The van der Waals surface area contributed by atoms with Gasteiger partial charge >= 0.3 is 0 Å². The minimum Gasteiger partial charge on any atom is -0.383 e. The van der Waals surface area contributed by atoms with Crippen molar-refractivity contribution in [2.75, 3.05) is 18.8 Å². The molecule has 3 N–H and O–H groups in total. The van der Waals surface area contributed by atoms with Crippen LogP contribution in [0.5, 0.6) is 0 Å². The second-order valence-electron chi connectivity index (χ2n) is 7.34. The molecule has 0 spiro atoms. The molecule has 2 atom stereocenters. The Hall–Kier alpha value is -1.99. The third kappa shape index (κ3) is 2.62.